The van der Waals surface area contributed by atoms with Crippen molar-refractivity contribution in [3.05, 3.63) is 0 Å². The van der Waals surface area contributed by atoms with Gasteiger partial charge in [-0.25, -0.2) is 4.57 Å². The van der Waals surface area contributed by atoms with Gasteiger partial charge < -0.3 is 30.2 Å². The molecule has 0 bridgehead atoms. The zero-order valence-electron chi connectivity index (χ0n) is 8.87. The first kappa shape index (κ1) is 16.6. The highest BCUT2D eigenvalue weighted by Gasteiger charge is 2.33. The molecule has 0 amide bonds. The number of aliphatic hydroxyl groups is 4. The molecule has 0 saturated heterocycles. The van der Waals surface area contributed by atoms with Crippen molar-refractivity contribution in [3.8, 4) is 0 Å². The highest BCUT2D eigenvalue weighted by molar-refractivity contribution is 7.46. The molecule has 0 aliphatic heterocycles. The molecule has 0 heterocycles. The van der Waals surface area contributed by atoms with Gasteiger partial charge in [-0.2, -0.15) is 0 Å². The van der Waals surface area contributed by atoms with Crippen molar-refractivity contribution >= 4 is 13.6 Å². The maximum absolute atomic E-state index is 10.7. The van der Waals surface area contributed by atoms with Crippen LogP contribution in [0, 0.1) is 0 Å². The van der Waals surface area contributed by atoms with Gasteiger partial charge in [-0.15, -0.1) is 0 Å². The van der Waals surface area contributed by atoms with E-state index in [4.69, 9.17) is 14.9 Å². The van der Waals surface area contributed by atoms with Crippen LogP contribution in [0.4, 0.5) is 0 Å². The Morgan fingerprint density at radius 2 is 1.65 bits per heavy atom. The van der Waals surface area contributed by atoms with Crippen LogP contribution in [0.25, 0.3) is 0 Å². The third-order valence-corrected chi connectivity index (χ3v) is 2.38. The summed E-state index contributed by atoms with van der Waals surface area (Å²) in [5.41, 5.74) is 0. The SMILES string of the molecule is CC(=O)[C@H](O)[C@@H](O)[C@H](O)[C@H](O)COP(=O)(O)O. The molecule has 0 radical (unpaired) electrons. The summed E-state index contributed by atoms with van der Waals surface area (Å²) in [7, 11) is -4.81. The zero-order chi connectivity index (χ0) is 13.8. The molecular formula is C7H15O9P. The molecule has 4 atom stereocenters. The predicted molar refractivity (Wildman–Crippen MR) is 52.7 cm³/mol. The second-order valence-corrected chi connectivity index (χ2v) is 4.63. The molecule has 10 heteroatoms. The second-order valence-electron chi connectivity index (χ2n) is 3.39. The van der Waals surface area contributed by atoms with Crippen molar-refractivity contribution in [2.45, 2.75) is 31.3 Å². The summed E-state index contributed by atoms with van der Waals surface area (Å²) in [5, 5.41) is 36.7. The standard InChI is InChI=1S/C7H15O9P/c1-3(8)5(10)7(12)6(11)4(9)2-16-17(13,14)15/h4-7,9-12H,2H2,1H3,(H2,13,14,15)/t4-,5+,6-,7-/m1/s1. The molecule has 102 valence electrons. The number of aliphatic hydroxyl groups excluding tert-OH is 4. The fourth-order valence-corrected chi connectivity index (χ4v) is 1.27. The predicted octanol–water partition coefficient (Wildman–Crippen LogP) is -2.87. The molecule has 0 aromatic heterocycles. The van der Waals surface area contributed by atoms with E-state index in [1.807, 2.05) is 0 Å². The molecule has 0 unspecified atom stereocenters. The lowest BCUT2D eigenvalue weighted by Gasteiger charge is -2.25. The smallest absolute Gasteiger partial charge is 0.388 e. The highest BCUT2D eigenvalue weighted by atomic mass is 31.2. The number of carbonyl (C=O) groups excluding carboxylic acids is 1. The van der Waals surface area contributed by atoms with Crippen LogP contribution >= 0.6 is 7.82 Å². The third kappa shape index (κ3) is 6.20. The van der Waals surface area contributed by atoms with E-state index in [0.29, 0.717) is 0 Å². The number of carbonyl (C=O) groups is 1. The van der Waals surface area contributed by atoms with E-state index >= 15 is 0 Å². The maximum atomic E-state index is 10.7. The molecule has 17 heavy (non-hydrogen) atoms. The van der Waals surface area contributed by atoms with E-state index in [2.05, 4.69) is 4.52 Å². The van der Waals surface area contributed by atoms with E-state index in [9.17, 15) is 24.7 Å². The third-order valence-electron chi connectivity index (χ3n) is 1.90. The lowest BCUT2D eigenvalue weighted by molar-refractivity contribution is -0.144. The second kappa shape index (κ2) is 6.53. The Balaban J connectivity index is 4.34. The Morgan fingerprint density at radius 3 is 2.00 bits per heavy atom. The van der Waals surface area contributed by atoms with Crippen LogP contribution in [-0.2, 0) is 13.9 Å². The first-order valence-electron chi connectivity index (χ1n) is 4.49. The maximum Gasteiger partial charge on any atom is 0.469 e. The molecule has 0 aromatic carbocycles. The van der Waals surface area contributed by atoms with Crippen LogP contribution < -0.4 is 0 Å². The Labute approximate surface area is 96.5 Å². The van der Waals surface area contributed by atoms with Crippen molar-refractivity contribution in [3.63, 3.8) is 0 Å². The van der Waals surface area contributed by atoms with Crippen LogP contribution in [0.2, 0.25) is 0 Å². The number of hydrogen-bond donors (Lipinski definition) is 6. The summed E-state index contributed by atoms with van der Waals surface area (Å²) in [5.74, 6) is -0.834. The number of rotatable bonds is 7. The molecule has 0 spiro atoms. The first-order chi connectivity index (χ1) is 7.56. The fourth-order valence-electron chi connectivity index (χ4n) is 0.927. The van der Waals surface area contributed by atoms with Crippen LogP contribution in [0.5, 0.6) is 0 Å². The number of phosphoric ester groups is 1. The summed E-state index contributed by atoms with van der Waals surface area (Å²) in [4.78, 5) is 27.3. The number of hydrogen-bond acceptors (Lipinski definition) is 7. The Hall–Kier alpha value is -0.380. The van der Waals surface area contributed by atoms with Gasteiger partial charge in [0.1, 0.15) is 24.4 Å². The fraction of sp³-hybridized carbons (Fsp3) is 0.857. The summed E-state index contributed by atoms with van der Waals surface area (Å²) in [6.45, 7) is -0.00768. The van der Waals surface area contributed by atoms with E-state index in [-0.39, 0.29) is 0 Å². The molecule has 0 aromatic rings. The number of ketones is 1. The van der Waals surface area contributed by atoms with E-state index in [0.717, 1.165) is 6.92 Å². The summed E-state index contributed by atoms with van der Waals surface area (Å²) in [6, 6.07) is 0. The van der Waals surface area contributed by atoms with Crippen molar-refractivity contribution < 1.29 is 44.1 Å². The molecule has 0 fully saturated rings. The lowest BCUT2D eigenvalue weighted by Crippen LogP contribution is -2.48. The first-order valence-corrected chi connectivity index (χ1v) is 6.02. The van der Waals surface area contributed by atoms with Crippen LogP contribution in [0.15, 0.2) is 0 Å². The zero-order valence-corrected chi connectivity index (χ0v) is 9.77. The molecule has 6 N–H and O–H groups in total. The quantitative estimate of drug-likeness (QED) is 0.267. The average molecular weight is 274 g/mol. The van der Waals surface area contributed by atoms with Crippen LogP contribution in [-0.4, -0.2) is 67.0 Å². The monoisotopic (exact) mass is 274 g/mol. The number of phosphoric acid groups is 1. The van der Waals surface area contributed by atoms with Gasteiger partial charge in [-0.3, -0.25) is 9.32 Å². The van der Waals surface area contributed by atoms with Gasteiger partial charge >= 0.3 is 7.82 Å². The molecule has 0 aliphatic carbocycles. The summed E-state index contributed by atoms with van der Waals surface area (Å²) in [6.07, 6.45) is -7.75. The molecule has 0 rings (SSSR count). The molecule has 0 saturated carbocycles. The van der Waals surface area contributed by atoms with Gasteiger partial charge in [0, 0.05) is 0 Å². The Kier molecular flexibility index (Phi) is 6.38. The molecule has 0 aliphatic rings. The van der Waals surface area contributed by atoms with Gasteiger partial charge in [0.15, 0.2) is 5.78 Å². The van der Waals surface area contributed by atoms with E-state index in [1.54, 1.807) is 0 Å². The van der Waals surface area contributed by atoms with Crippen LogP contribution in [0.3, 0.4) is 0 Å². The van der Waals surface area contributed by atoms with Crippen molar-refractivity contribution in [2.24, 2.45) is 0 Å². The van der Waals surface area contributed by atoms with Crippen molar-refractivity contribution in [1.29, 1.82) is 0 Å². The van der Waals surface area contributed by atoms with Crippen LogP contribution in [0.1, 0.15) is 6.92 Å². The number of Topliss-reactive ketones (excluding diaryl/α,β-unsaturated/α-hetero) is 1. The minimum Gasteiger partial charge on any atom is -0.388 e. The van der Waals surface area contributed by atoms with Gasteiger partial charge in [0.2, 0.25) is 0 Å². The minimum atomic E-state index is -4.81. The van der Waals surface area contributed by atoms with Gasteiger partial charge in [0.05, 0.1) is 6.61 Å². The average Bonchev–Trinajstić information content (AvgIpc) is 2.21. The van der Waals surface area contributed by atoms with E-state index in [1.165, 1.54) is 0 Å². The Bertz CT molecular complexity index is 300. The topological polar surface area (TPSA) is 165 Å². The Morgan fingerprint density at radius 1 is 1.18 bits per heavy atom. The van der Waals surface area contributed by atoms with Gasteiger partial charge in [0.25, 0.3) is 0 Å². The summed E-state index contributed by atoms with van der Waals surface area (Å²) < 4.78 is 14.2. The lowest BCUT2D eigenvalue weighted by atomic mass is 10.0. The highest BCUT2D eigenvalue weighted by Crippen LogP contribution is 2.35. The normalized spacial score (nSPS) is 19.5. The van der Waals surface area contributed by atoms with Crippen molar-refractivity contribution in [2.75, 3.05) is 6.61 Å². The van der Waals surface area contributed by atoms with Gasteiger partial charge in [-0.1, -0.05) is 0 Å². The summed E-state index contributed by atoms with van der Waals surface area (Å²) >= 11 is 0. The molecular weight excluding hydrogens is 259 g/mol. The van der Waals surface area contributed by atoms with Gasteiger partial charge in [-0.05, 0) is 6.92 Å². The minimum absolute atomic E-state index is 0.834. The largest absolute Gasteiger partial charge is 0.469 e. The van der Waals surface area contributed by atoms with Crippen molar-refractivity contribution in [1.82, 2.24) is 0 Å². The molecule has 9 nitrogen and oxygen atoms in total. The van der Waals surface area contributed by atoms with E-state index < -0.39 is 44.6 Å².